The number of Topliss-reactive ketones (excluding diaryl/α,β-unsaturated/α-hetero) is 1. The van der Waals surface area contributed by atoms with Crippen molar-refractivity contribution in [2.24, 2.45) is 0 Å². The Morgan fingerprint density at radius 3 is 2.39 bits per heavy atom. The molecule has 1 aromatic heterocycles. The van der Waals surface area contributed by atoms with Gasteiger partial charge in [0.05, 0.1) is 5.70 Å². The zero-order valence-corrected chi connectivity index (χ0v) is 12.5. The topological polar surface area (TPSA) is 78.1 Å². The minimum Gasteiger partial charge on any atom is -0.293 e. The van der Waals surface area contributed by atoms with Gasteiger partial charge in [-0.2, -0.15) is 4.57 Å². The summed E-state index contributed by atoms with van der Waals surface area (Å²) in [6.45, 7) is 1.51. The minimum atomic E-state index is -0.823. The van der Waals surface area contributed by atoms with Gasteiger partial charge in [0.1, 0.15) is 0 Å². The molecule has 2 aromatic rings. The highest BCUT2D eigenvalue weighted by Crippen LogP contribution is 2.17. The lowest BCUT2D eigenvalue weighted by atomic mass is 10.2. The Morgan fingerprint density at radius 2 is 1.78 bits per heavy atom. The van der Waals surface area contributed by atoms with E-state index in [0.717, 1.165) is 4.57 Å². The zero-order chi connectivity index (χ0) is 16.6. The maximum atomic E-state index is 12.6. The monoisotopic (exact) mass is 310 g/mol. The van der Waals surface area contributed by atoms with Gasteiger partial charge >= 0.3 is 5.69 Å². The van der Waals surface area contributed by atoms with Gasteiger partial charge in [-0.3, -0.25) is 19.0 Å². The van der Waals surface area contributed by atoms with E-state index in [0.29, 0.717) is 17.4 Å². The summed E-state index contributed by atoms with van der Waals surface area (Å²) in [5.74, 6) is -0.882. The highest BCUT2D eigenvalue weighted by atomic mass is 16.2. The molecule has 0 saturated heterocycles. The van der Waals surface area contributed by atoms with Crippen molar-refractivity contribution < 1.29 is 9.59 Å². The van der Waals surface area contributed by atoms with Crippen LogP contribution in [0.3, 0.4) is 0 Å². The van der Waals surface area contributed by atoms with Crippen LogP contribution >= 0.6 is 0 Å². The van der Waals surface area contributed by atoms with Crippen LogP contribution < -0.4 is 11.2 Å². The highest BCUT2D eigenvalue weighted by molar-refractivity contribution is 6.16. The number of carbonyl (C=O) groups excluding carboxylic acids is 2. The molecule has 1 aliphatic rings. The molecular formula is C17H14N2O4. The van der Waals surface area contributed by atoms with Gasteiger partial charge in [0, 0.05) is 23.7 Å². The number of aromatic nitrogens is 2. The Hall–Kier alpha value is -3.02. The molecule has 6 heteroatoms. The number of aryl methyl sites for hydroxylation is 1. The fourth-order valence-corrected chi connectivity index (χ4v) is 2.55. The first kappa shape index (κ1) is 14.9. The minimum absolute atomic E-state index is 0.177. The van der Waals surface area contributed by atoms with Gasteiger partial charge in [-0.1, -0.05) is 24.3 Å². The van der Waals surface area contributed by atoms with Crippen LogP contribution in [-0.4, -0.2) is 20.8 Å². The molecular weight excluding hydrogens is 296 g/mol. The molecule has 0 amide bonds. The van der Waals surface area contributed by atoms with E-state index >= 15 is 0 Å². The second-order valence-electron chi connectivity index (χ2n) is 5.33. The summed E-state index contributed by atoms with van der Waals surface area (Å²) in [5, 5.41) is 0. The number of rotatable bonds is 2. The smallest absolute Gasteiger partial charge is 0.293 e. The average Bonchev–Trinajstić information content (AvgIpc) is 2.97. The van der Waals surface area contributed by atoms with E-state index in [1.54, 1.807) is 24.3 Å². The van der Waals surface area contributed by atoms with Crippen LogP contribution in [0.2, 0.25) is 0 Å². The van der Waals surface area contributed by atoms with Crippen LogP contribution in [-0.2, 0) is 4.79 Å². The van der Waals surface area contributed by atoms with E-state index in [4.69, 9.17) is 0 Å². The molecule has 0 fully saturated rings. The predicted octanol–water partition coefficient (Wildman–Crippen LogP) is 1.21. The third kappa shape index (κ3) is 2.48. The third-order valence-electron chi connectivity index (χ3n) is 3.74. The largest absolute Gasteiger partial charge is 0.342 e. The summed E-state index contributed by atoms with van der Waals surface area (Å²) >= 11 is 0. The quantitative estimate of drug-likeness (QED) is 0.835. The number of allylic oxidation sites excluding steroid dienone is 2. The van der Waals surface area contributed by atoms with Crippen LogP contribution in [0.4, 0.5) is 0 Å². The summed E-state index contributed by atoms with van der Waals surface area (Å²) < 4.78 is 1.67. The van der Waals surface area contributed by atoms with Crippen molar-refractivity contribution in [2.75, 3.05) is 0 Å². The maximum absolute atomic E-state index is 12.6. The summed E-state index contributed by atoms with van der Waals surface area (Å²) in [7, 11) is 0. The molecule has 6 nitrogen and oxygen atoms in total. The molecule has 0 saturated carbocycles. The molecule has 0 radical (unpaired) electrons. The van der Waals surface area contributed by atoms with E-state index in [1.165, 1.54) is 25.3 Å². The van der Waals surface area contributed by atoms with Crippen molar-refractivity contribution >= 4 is 17.4 Å². The molecule has 1 heterocycles. The molecule has 0 spiro atoms. The molecule has 0 atom stereocenters. The SMILES string of the molecule is Cc1cn(C2=CCCC2=O)c(=O)n(C(=O)c2ccccc2)c1=O. The van der Waals surface area contributed by atoms with Crippen LogP contribution in [0.1, 0.15) is 28.8 Å². The van der Waals surface area contributed by atoms with Crippen LogP contribution in [0.25, 0.3) is 5.70 Å². The number of ketones is 1. The number of carbonyl (C=O) groups is 2. The fourth-order valence-electron chi connectivity index (χ4n) is 2.55. The Balaban J connectivity index is 2.24. The van der Waals surface area contributed by atoms with Crippen LogP contribution in [0.5, 0.6) is 0 Å². The van der Waals surface area contributed by atoms with Gasteiger partial charge in [0.25, 0.3) is 11.5 Å². The van der Waals surface area contributed by atoms with E-state index in [2.05, 4.69) is 0 Å². The molecule has 0 aliphatic heterocycles. The summed E-state index contributed by atoms with van der Waals surface area (Å²) in [5.41, 5.74) is -0.833. The van der Waals surface area contributed by atoms with Gasteiger partial charge in [0.15, 0.2) is 5.78 Å². The van der Waals surface area contributed by atoms with Gasteiger partial charge in [-0.15, -0.1) is 0 Å². The van der Waals surface area contributed by atoms with E-state index < -0.39 is 17.2 Å². The Kier molecular flexibility index (Phi) is 3.65. The first-order chi connectivity index (χ1) is 11.0. The van der Waals surface area contributed by atoms with Crippen molar-refractivity contribution in [1.29, 1.82) is 0 Å². The lowest BCUT2D eigenvalue weighted by Crippen LogP contribution is -2.44. The fraction of sp³-hybridized carbons (Fsp3) is 0.176. The normalized spacial score (nSPS) is 14.0. The summed E-state index contributed by atoms with van der Waals surface area (Å²) in [6, 6.07) is 8.09. The van der Waals surface area contributed by atoms with Crippen molar-refractivity contribution in [3.63, 3.8) is 0 Å². The molecule has 116 valence electrons. The number of benzene rings is 1. The lowest BCUT2D eigenvalue weighted by Gasteiger charge is -2.11. The van der Waals surface area contributed by atoms with E-state index in [-0.39, 0.29) is 22.6 Å². The van der Waals surface area contributed by atoms with E-state index in [1.807, 2.05) is 0 Å². The number of nitrogens with zero attached hydrogens (tertiary/aromatic N) is 2. The predicted molar refractivity (Wildman–Crippen MR) is 84.4 cm³/mol. The van der Waals surface area contributed by atoms with Crippen molar-refractivity contribution in [1.82, 2.24) is 9.13 Å². The Labute approximate surface area is 131 Å². The average molecular weight is 310 g/mol. The molecule has 1 aliphatic carbocycles. The molecule has 0 bridgehead atoms. The first-order valence-electron chi connectivity index (χ1n) is 7.19. The lowest BCUT2D eigenvalue weighted by molar-refractivity contribution is -0.113. The zero-order valence-electron chi connectivity index (χ0n) is 12.5. The summed E-state index contributed by atoms with van der Waals surface area (Å²) in [6.07, 6.45) is 3.83. The molecule has 3 rings (SSSR count). The molecule has 0 N–H and O–H groups in total. The summed E-state index contributed by atoms with van der Waals surface area (Å²) in [4.78, 5) is 49.3. The van der Waals surface area contributed by atoms with Crippen molar-refractivity contribution in [3.8, 4) is 0 Å². The third-order valence-corrected chi connectivity index (χ3v) is 3.74. The van der Waals surface area contributed by atoms with Crippen LogP contribution in [0, 0.1) is 6.92 Å². The van der Waals surface area contributed by atoms with E-state index in [9.17, 15) is 19.2 Å². The molecule has 1 aromatic carbocycles. The molecule has 0 unspecified atom stereocenters. The van der Waals surface area contributed by atoms with Gasteiger partial charge < -0.3 is 0 Å². The highest BCUT2D eigenvalue weighted by Gasteiger charge is 2.23. The number of hydrogen-bond donors (Lipinski definition) is 0. The van der Waals surface area contributed by atoms with Gasteiger partial charge in [0.2, 0.25) is 0 Å². The maximum Gasteiger partial charge on any atom is 0.342 e. The number of hydrogen-bond acceptors (Lipinski definition) is 4. The standard InChI is InChI=1S/C17H14N2O4/c1-11-10-18(13-8-5-9-14(13)20)17(23)19(15(11)21)16(22)12-6-3-2-4-7-12/h2-4,6-8,10H,5,9H2,1H3. The second-order valence-corrected chi connectivity index (χ2v) is 5.33. The van der Waals surface area contributed by atoms with Crippen molar-refractivity contribution in [3.05, 3.63) is 74.6 Å². The van der Waals surface area contributed by atoms with Crippen LogP contribution in [0.15, 0.2) is 52.2 Å². The first-order valence-corrected chi connectivity index (χ1v) is 7.19. The molecule has 23 heavy (non-hydrogen) atoms. The van der Waals surface area contributed by atoms with Crippen molar-refractivity contribution in [2.45, 2.75) is 19.8 Å². The van der Waals surface area contributed by atoms with Gasteiger partial charge in [-0.05, 0) is 25.5 Å². The Bertz CT molecular complexity index is 949. The Morgan fingerprint density at radius 1 is 1.09 bits per heavy atom. The van der Waals surface area contributed by atoms with Gasteiger partial charge in [-0.25, -0.2) is 4.79 Å². The second kappa shape index (κ2) is 5.64.